The SMILES string of the molecule is CCc1cc2c(cc1OC)CCn1c-2cc(C(=O)O)c1-c1cccc(F)c1.[Na+].[OH-]. The minimum absolute atomic E-state index is 0. The molecule has 2 heterocycles. The summed E-state index contributed by atoms with van der Waals surface area (Å²) in [4.78, 5) is 11.9. The van der Waals surface area contributed by atoms with Crippen molar-refractivity contribution in [1.82, 2.24) is 4.57 Å². The second-order valence-corrected chi connectivity index (χ2v) is 6.68. The van der Waals surface area contributed by atoms with Crippen LogP contribution in [0, 0.1) is 5.82 Å². The standard InChI is InChI=1S/C22H20FNO3.Na.H2O/c1-3-13-10-17-14(11-20(13)27-2)7-8-24-19(17)12-18(22(25)26)21(24)15-5-4-6-16(23)9-15;;/h4-6,9-12H,3,7-8H2,1-2H3,(H,25,26);;1H2/q;+1;/p-1. The predicted molar refractivity (Wildman–Crippen MR) is 104 cm³/mol. The smallest absolute Gasteiger partial charge is 0.870 e. The Morgan fingerprint density at radius 1 is 1.24 bits per heavy atom. The molecule has 0 amide bonds. The van der Waals surface area contributed by atoms with Gasteiger partial charge < -0.3 is 19.9 Å². The van der Waals surface area contributed by atoms with Crippen molar-refractivity contribution in [2.45, 2.75) is 26.3 Å². The summed E-state index contributed by atoms with van der Waals surface area (Å²) in [6.07, 6.45) is 1.58. The molecule has 0 radical (unpaired) electrons. The van der Waals surface area contributed by atoms with E-state index in [0.29, 0.717) is 17.8 Å². The average molecular weight is 405 g/mol. The Morgan fingerprint density at radius 3 is 2.62 bits per heavy atom. The van der Waals surface area contributed by atoms with Gasteiger partial charge in [0.1, 0.15) is 11.6 Å². The summed E-state index contributed by atoms with van der Waals surface area (Å²) in [6, 6.07) is 11.9. The van der Waals surface area contributed by atoms with Crippen molar-refractivity contribution in [1.29, 1.82) is 0 Å². The van der Waals surface area contributed by atoms with Gasteiger partial charge in [0.15, 0.2) is 0 Å². The molecule has 0 saturated carbocycles. The van der Waals surface area contributed by atoms with Gasteiger partial charge >= 0.3 is 35.5 Å². The van der Waals surface area contributed by atoms with Crippen molar-refractivity contribution < 1.29 is 54.1 Å². The van der Waals surface area contributed by atoms with Crippen LogP contribution in [0.2, 0.25) is 0 Å². The van der Waals surface area contributed by atoms with Crippen LogP contribution in [0.5, 0.6) is 5.75 Å². The van der Waals surface area contributed by atoms with E-state index in [1.54, 1.807) is 25.3 Å². The third-order valence-electron chi connectivity index (χ3n) is 5.19. The normalized spacial score (nSPS) is 11.6. The summed E-state index contributed by atoms with van der Waals surface area (Å²) in [5.41, 5.74) is 5.40. The molecule has 0 bridgehead atoms. The van der Waals surface area contributed by atoms with Crippen LogP contribution >= 0.6 is 0 Å². The number of carboxylic acid groups (broad SMARTS) is 1. The fourth-order valence-electron chi connectivity index (χ4n) is 3.92. The van der Waals surface area contributed by atoms with E-state index < -0.39 is 5.97 Å². The number of ether oxygens (including phenoxy) is 1. The molecule has 0 spiro atoms. The Kier molecular flexibility index (Phi) is 7.30. The minimum atomic E-state index is -1.01. The van der Waals surface area contributed by atoms with Gasteiger partial charge in [0.05, 0.1) is 18.4 Å². The maximum atomic E-state index is 13.8. The topological polar surface area (TPSA) is 81.5 Å². The Morgan fingerprint density at radius 2 is 2.00 bits per heavy atom. The summed E-state index contributed by atoms with van der Waals surface area (Å²) in [6.45, 7) is 2.70. The van der Waals surface area contributed by atoms with E-state index in [-0.39, 0.29) is 46.4 Å². The van der Waals surface area contributed by atoms with E-state index >= 15 is 0 Å². The molecule has 1 aliphatic heterocycles. The van der Waals surface area contributed by atoms with Gasteiger partial charge in [0, 0.05) is 23.4 Å². The molecular formula is C22H21FNNaO4. The van der Waals surface area contributed by atoms with Gasteiger partial charge in [0.2, 0.25) is 0 Å². The molecule has 3 aromatic rings. The summed E-state index contributed by atoms with van der Waals surface area (Å²) in [5, 5.41) is 9.75. The summed E-state index contributed by atoms with van der Waals surface area (Å²) < 4.78 is 21.3. The van der Waals surface area contributed by atoms with Crippen LogP contribution < -0.4 is 34.3 Å². The molecule has 2 N–H and O–H groups in total. The van der Waals surface area contributed by atoms with Crippen molar-refractivity contribution >= 4 is 5.97 Å². The van der Waals surface area contributed by atoms with Crippen LogP contribution in [0.15, 0.2) is 42.5 Å². The van der Waals surface area contributed by atoms with Crippen LogP contribution in [0.4, 0.5) is 4.39 Å². The Balaban J connectivity index is 0.00000150. The average Bonchev–Trinajstić information content (AvgIpc) is 3.07. The Bertz CT molecular complexity index is 1060. The molecule has 1 aliphatic rings. The number of halogens is 1. The maximum Gasteiger partial charge on any atom is 1.00 e. The first-order chi connectivity index (χ1) is 13.0. The summed E-state index contributed by atoms with van der Waals surface area (Å²) >= 11 is 0. The quantitative estimate of drug-likeness (QED) is 0.669. The van der Waals surface area contributed by atoms with E-state index in [0.717, 1.165) is 41.0 Å². The van der Waals surface area contributed by atoms with Crippen molar-refractivity contribution in [2.24, 2.45) is 0 Å². The maximum absolute atomic E-state index is 13.8. The van der Waals surface area contributed by atoms with Crippen molar-refractivity contribution in [3.05, 3.63) is 65.0 Å². The number of hydrogen-bond donors (Lipinski definition) is 1. The number of benzene rings is 2. The van der Waals surface area contributed by atoms with Gasteiger partial charge in [-0.25, -0.2) is 9.18 Å². The first-order valence-electron chi connectivity index (χ1n) is 8.96. The van der Waals surface area contributed by atoms with Crippen molar-refractivity contribution in [3.63, 3.8) is 0 Å². The van der Waals surface area contributed by atoms with Crippen LogP contribution in [0.3, 0.4) is 0 Å². The first kappa shape index (κ1) is 23.2. The van der Waals surface area contributed by atoms with E-state index in [2.05, 4.69) is 13.0 Å². The van der Waals surface area contributed by atoms with Crippen LogP contribution in [0.25, 0.3) is 22.5 Å². The van der Waals surface area contributed by atoms with E-state index in [1.165, 1.54) is 12.1 Å². The van der Waals surface area contributed by atoms with Gasteiger partial charge in [-0.2, -0.15) is 0 Å². The van der Waals surface area contributed by atoms with Crippen LogP contribution in [-0.4, -0.2) is 28.2 Å². The summed E-state index contributed by atoms with van der Waals surface area (Å²) in [5.74, 6) is -0.532. The molecule has 4 rings (SSSR count). The molecule has 0 aliphatic carbocycles. The molecule has 29 heavy (non-hydrogen) atoms. The van der Waals surface area contributed by atoms with Crippen LogP contribution in [0.1, 0.15) is 28.4 Å². The molecule has 0 unspecified atom stereocenters. The fraction of sp³-hybridized carbons (Fsp3) is 0.227. The number of rotatable bonds is 4. The number of carbonyl (C=O) groups is 1. The molecule has 1 aromatic heterocycles. The van der Waals surface area contributed by atoms with Crippen molar-refractivity contribution in [2.75, 3.05) is 7.11 Å². The van der Waals surface area contributed by atoms with Gasteiger partial charge in [-0.05, 0) is 54.3 Å². The van der Waals surface area contributed by atoms with E-state index in [4.69, 9.17) is 4.74 Å². The third-order valence-corrected chi connectivity index (χ3v) is 5.19. The number of aromatic nitrogens is 1. The van der Waals surface area contributed by atoms with E-state index in [1.807, 2.05) is 10.6 Å². The molecular weight excluding hydrogens is 384 g/mol. The number of hydrogen-bond acceptors (Lipinski definition) is 3. The number of aromatic carboxylic acids is 1. The molecule has 0 saturated heterocycles. The minimum Gasteiger partial charge on any atom is -0.870 e. The number of aryl methyl sites for hydroxylation is 2. The van der Waals surface area contributed by atoms with E-state index in [9.17, 15) is 14.3 Å². The monoisotopic (exact) mass is 405 g/mol. The summed E-state index contributed by atoms with van der Waals surface area (Å²) in [7, 11) is 1.66. The third kappa shape index (κ3) is 3.98. The predicted octanol–water partition coefficient (Wildman–Crippen LogP) is 1.61. The number of fused-ring (bicyclic) bond motifs is 3. The molecule has 7 heteroatoms. The van der Waals surface area contributed by atoms with Gasteiger partial charge in [-0.3, -0.25) is 0 Å². The van der Waals surface area contributed by atoms with Gasteiger partial charge in [-0.1, -0.05) is 19.1 Å². The number of carboxylic acids is 1. The molecule has 5 nitrogen and oxygen atoms in total. The number of nitrogens with zero attached hydrogens (tertiary/aromatic N) is 1. The molecule has 0 fully saturated rings. The van der Waals surface area contributed by atoms with Gasteiger partial charge in [0.25, 0.3) is 0 Å². The zero-order chi connectivity index (χ0) is 19.1. The number of methoxy groups -OCH3 is 1. The largest absolute Gasteiger partial charge is 1.00 e. The molecule has 0 atom stereocenters. The Hall–Kier alpha value is -2.12. The Labute approximate surface area is 190 Å². The zero-order valence-corrected chi connectivity index (χ0v) is 18.7. The molecule has 146 valence electrons. The first-order valence-corrected chi connectivity index (χ1v) is 8.96. The van der Waals surface area contributed by atoms with Crippen LogP contribution in [-0.2, 0) is 19.4 Å². The van der Waals surface area contributed by atoms with Gasteiger partial charge in [-0.15, -0.1) is 0 Å². The molecule has 2 aromatic carbocycles. The van der Waals surface area contributed by atoms with Crippen molar-refractivity contribution in [3.8, 4) is 28.3 Å². The second-order valence-electron chi connectivity index (χ2n) is 6.68. The fourth-order valence-corrected chi connectivity index (χ4v) is 3.92. The second kappa shape index (κ2) is 9.13. The zero-order valence-electron chi connectivity index (χ0n) is 16.7.